The van der Waals surface area contributed by atoms with E-state index in [-0.39, 0.29) is 0 Å². The summed E-state index contributed by atoms with van der Waals surface area (Å²) in [5.74, 6) is 0.540. The average Bonchev–Trinajstić information content (AvgIpc) is 2.58. The van der Waals surface area contributed by atoms with Crippen molar-refractivity contribution < 1.29 is 9.53 Å². The standard InChI is InChI=1S/C20H23N3O2/c1-15-5-9-18(10-6-15)25-20(24)22-13-11-17-8-7-16-4-2-3-12-21-14-19(16)23-17/h5-10,14H,2-4,11-13H2,1H3,(H,22,24). The van der Waals surface area contributed by atoms with Crippen LogP contribution < -0.4 is 10.1 Å². The van der Waals surface area contributed by atoms with Crippen LogP contribution in [0.15, 0.2) is 41.4 Å². The number of aryl methyl sites for hydroxylation is 2. The minimum Gasteiger partial charge on any atom is -0.410 e. The molecule has 5 nitrogen and oxygen atoms in total. The van der Waals surface area contributed by atoms with E-state index in [0.29, 0.717) is 18.7 Å². The van der Waals surface area contributed by atoms with Gasteiger partial charge in [-0.25, -0.2) is 4.79 Å². The van der Waals surface area contributed by atoms with Crippen LogP contribution in [0.2, 0.25) is 0 Å². The molecule has 0 atom stereocenters. The minimum atomic E-state index is -0.448. The van der Waals surface area contributed by atoms with Crippen molar-refractivity contribution in [2.75, 3.05) is 13.1 Å². The predicted molar refractivity (Wildman–Crippen MR) is 98.5 cm³/mol. The molecular formula is C20H23N3O2. The maximum Gasteiger partial charge on any atom is 0.412 e. The fraction of sp³-hybridized carbons (Fsp3) is 0.350. The lowest BCUT2D eigenvalue weighted by Gasteiger charge is -2.10. The second-order valence-corrected chi connectivity index (χ2v) is 6.22. The van der Waals surface area contributed by atoms with Crippen LogP contribution in [0.25, 0.3) is 0 Å². The number of hydrogen-bond donors (Lipinski definition) is 1. The number of hydrogen-bond acceptors (Lipinski definition) is 4. The van der Waals surface area contributed by atoms with Gasteiger partial charge in [0.1, 0.15) is 5.75 Å². The Balaban J connectivity index is 1.51. The molecule has 0 saturated heterocycles. The van der Waals surface area contributed by atoms with Crippen molar-refractivity contribution in [3.05, 3.63) is 58.9 Å². The maximum absolute atomic E-state index is 11.8. The van der Waals surface area contributed by atoms with Crippen molar-refractivity contribution in [1.29, 1.82) is 0 Å². The minimum absolute atomic E-state index is 0.448. The van der Waals surface area contributed by atoms with E-state index in [4.69, 9.17) is 4.74 Å². The summed E-state index contributed by atoms with van der Waals surface area (Å²) in [7, 11) is 0. The number of amides is 1. The van der Waals surface area contributed by atoms with Gasteiger partial charge in [-0.3, -0.25) is 9.98 Å². The van der Waals surface area contributed by atoms with Crippen molar-refractivity contribution in [1.82, 2.24) is 10.3 Å². The molecule has 1 amide bonds. The third-order valence-corrected chi connectivity index (χ3v) is 4.15. The highest BCUT2D eigenvalue weighted by Crippen LogP contribution is 2.13. The summed E-state index contributed by atoms with van der Waals surface area (Å²) in [5, 5.41) is 2.76. The number of benzene rings is 1. The monoisotopic (exact) mass is 337 g/mol. The van der Waals surface area contributed by atoms with Gasteiger partial charge in [0.2, 0.25) is 0 Å². The number of pyridine rings is 1. The lowest BCUT2D eigenvalue weighted by atomic mass is 10.0. The number of carbonyl (C=O) groups excluding carboxylic acids is 1. The summed E-state index contributed by atoms with van der Waals surface area (Å²) >= 11 is 0. The van der Waals surface area contributed by atoms with Gasteiger partial charge in [-0.2, -0.15) is 0 Å². The zero-order valence-electron chi connectivity index (χ0n) is 14.5. The smallest absolute Gasteiger partial charge is 0.410 e. The summed E-state index contributed by atoms with van der Waals surface area (Å²) in [5.41, 5.74) is 4.28. The largest absolute Gasteiger partial charge is 0.412 e. The molecule has 1 aliphatic heterocycles. The molecule has 2 aromatic rings. The SMILES string of the molecule is Cc1ccc(OC(=O)NCCc2ccc3c(n2)C=NCCCC3)cc1. The Morgan fingerprint density at radius 2 is 2.00 bits per heavy atom. The van der Waals surface area contributed by atoms with Crippen LogP contribution in [0, 0.1) is 6.92 Å². The lowest BCUT2D eigenvalue weighted by molar-refractivity contribution is 0.200. The van der Waals surface area contributed by atoms with E-state index in [1.807, 2.05) is 31.3 Å². The molecule has 2 heterocycles. The van der Waals surface area contributed by atoms with Gasteiger partial charge in [0, 0.05) is 31.4 Å². The molecule has 1 N–H and O–H groups in total. The molecule has 0 spiro atoms. The molecule has 0 unspecified atom stereocenters. The van der Waals surface area contributed by atoms with Crippen molar-refractivity contribution in [2.24, 2.45) is 4.99 Å². The molecule has 0 saturated carbocycles. The summed E-state index contributed by atoms with van der Waals surface area (Å²) in [6.07, 6.45) is 5.41. The summed E-state index contributed by atoms with van der Waals surface area (Å²) in [4.78, 5) is 20.9. The maximum atomic E-state index is 11.8. The molecule has 0 fully saturated rings. The topological polar surface area (TPSA) is 63.6 Å². The molecule has 3 rings (SSSR count). The fourth-order valence-electron chi connectivity index (χ4n) is 2.72. The van der Waals surface area contributed by atoms with E-state index in [1.165, 1.54) is 5.56 Å². The van der Waals surface area contributed by atoms with Gasteiger partial charge in [-0.05, 0) is 49.9 Å². The highest BCUT2D eigenvalue weighted by molar-refractivity contribution is 5.79. The Labute approximate surface area is 148 Å². The van der Waals surface area contributed by atoms with Crippen molar-refractivity contribution in [3.8, 4) is 5.75 Å². The molecule has 0 bridgehead atoms. The van der Waals surface area contributed by atoms with Gasteiger partial charge in [0.15, 0.2) is 0 Å². The zero-order valence-corrected chi connectivity index (χ0v) is 14.5. The Morgan fingerprint density at radius 3 is 2.84 bits per heavy atom. The van der Waals surface area contributed by atoms with Crippen LogP contribution in [0.3, 0.4) is 0 Å². The van der Waals surface area contributed by atoms with Crippen LogP contribution in [-0.4, -0.2) is 30.4 Å². The fourth-order valence-corrected chi connectivity index (χ4v) is 2.72. The van der Waals surface area contributed by atoms with E-state index in [2.05, 4.69) is 21.4 Å². The van der Waals surface area contributed by atoms with Crippen molar-refractivity contribution in [2.45, 2.75) is 32.6 Å². The number of nitrogens with zero attached hydrogens (tertiary/aromatic N) is 2. The molecular weight excluding hydrogens is 314 g/mol. The molecule has 1 aliphatic rings. The van der Waals surface area contributed by atoms with E-state index >= 15 is 0 Å². The van der Waals surface area contributed by atoms with Gasteiger partial charge >= 0.3 is 6.09 Å². The van der Waals surface area contributed by atoms with Crippen LogP contribution in [0.5, 0.6) is 5.75 Å². The van der Waals surface area contributed by atoms with Gasteiger partial charge in [-0.15, -0.1) is 0 Å². The normalized spacial score (nSPS) is 13.5. The van der Waals surface area contributed by atoms with Crippen molar-refractivity contribution in [3.63, 3.8) is 0 Å². The first-order chi connectivity index (χ1) is 12.2. The third kappa shape index (κ3) is 5.14. The number of fused-ring (bicyclic) bond motifs is 1. The second-order valence-electron chi connectivity index (χ2n) is 6.22. The molecule has 0 aliphatic carbocycles. The van der Waals surface area contributed by atoms with Crippen LogP contribution in [0.1, 0.15) is 35.4 Å². The first-order valence-electron chi connectivity index (χ1n) is 8.72. The molecule has 130 valence electrons. The quantitative estimate of drug-likeness (QED) is 0.929. The third-order valence-electron chi connectivity index (χ3n) is 4.15. The van der Waals surface area contributed by atoms with E-state index in [1.54, 1.807) is 12.1 Å². The van der Waals surface area contributed by atoms with Crippen LogP contribution in [0.4, 0.5) is 4.79 Å². The number of carbonyl (C=O) groups is 1. The molecule has 1 aromatic carbocycles. The average molecular weight is 337 g/mol. The molecule has 0 radical (unpaired) electrons. The first-order valence-corrected chi connectivity index (χ1v) is 8.72. The Hall–Kier alpha value is -2.69. The van der Waals surface area contributed by atoms with Crippen LogP contribution in [-0.2, 0) is 12.8 Å². The summed E-state index contributed by atoms with van der Waals surface area (Å²) < 4.78 is 5.24. The van der Waals surface area contributed by atoms with E-state index < -0.39 is 6.09 Å². The molecule has 25 heavy (non-hydrogen) atoms. The number of rotatable bonds is 4. The number of aliphatic imine (C=N–C) groups is 1. The Kier molecular flexibility index (Phi) is 5.77. The van der Waals surface area contributed by atoms with E-state index in [0.717, 1.165) is 42.8 Å². The Bertz CT molecular complexity index is 754. The Morgan fingerprint density at radius 1 is 1.16 bits per heavy atom. The van der Waals surface area contributed by atoms with Gasteiger partial charge < -0.3 is 10.1 Å². The molecule has 5 heteroatoms. The molecule has 1 aromatic heterocycles. The highest BCUT2D eigenvalue weighted by Gasteiger charge is 2.08. The van der Waals surface area contributed by atoms with Crippen LogP contribution >= 0.6 is 0 Å². The highest BCUT2D eigenvalue weighted by atomic mass is 16.5. The van der Waals surface area contributed by atoms with Crippen molar-refractivity contribution >= 4 is 12.3 Å². The number of aromatic nitrogens is 1. The number of ether oxygens (including phenoxy) is 1. The lowest BCUT2D eigenvalue weighted by Crippen LogP contribution is -2.29. The second kappa shape index (κ2) is 8.42. The summed E-state index contributed by atoms with van der Waals surface area (Å²) in [6, 6.07) is 11.5. The zero-order chi connectivity index (χ0) is 17.5. The number of nitrogens with one attached hydrogen (secondary N) is 1. The first kappa shape index (κ1) is 17.1. The van der Waals surface area contributed by atoms with Gasteiger partial charge in [0.05, 0.1) is 5.69 Å². The summed E-state index contributed by atoms with van der Waals surface area (Å²) in [6.45, 7) is 3.34. The van der Waals surface area contributed by atoms with Gasteiger partial charge in [-0.1, -0.05) is 23.8 Å². The van der Waals surface area contributed by atoms with Gasteiger partial charge in [0.25, 0.3) is 0 Å². The predicted octanol–water partition coefficient (Wildman–Crippen LogP) is 3.48. The van der Waals surface area contributed by atoms with E-state index in [9.17, 15) is 4.79 Å².